The fourth-order valence-electron chi connectivity index (χ4n) is 1.66. The molecule has 2 atom stereocenters. The summed E-state index contributed by atoms with van der Waals surface area (Å²) in [5.74, 6) is 0.568. The van der Waals surface area contributed by atoms with Crippen molar-refractivity contribution >= 4 is 0 Å². The molecule has 0 aromatic heterocycles. The Hall–Kier alpha value is -0.0400. The molecule has 0 heterocycles. The Labute approximate surface area is 63.4 Å². The molecule has 0 saturated heterocycles. The van der Waals surface area contributed by atoms with Gasteiger partial charge in [-0.25, -0.2) is 0 Å². The Morgan fingerprint density at radius 3 is 3.00 bits per heavy atom. The van der Waals surface area contributed by atoms with Gasteiger partial charge in [0.25, 0.3) is 0 Å². The molecule has 1 aliphatic rings. The highest BCUT2D eigenvalue weighted by Gasteiger charge is 2.19. The summed E-state index contributed by atoms with van der Waals surface area (Å²) in [6.07, 6.45) is 8.08. The zero-order valence-electron chi connectivity index (χ0n) is 6.71. The quantitative estimate of drug-likeness (QED) is 0.624. The number of rotatable bonds is 2. The van der Waals surface area contributed by atoms with Crippen LogP contribution in [0.4, 0.5) is 0 Å². The van der Waals surface area contributed by atoms with Gasteiger partial charge in [-0.3, -0.25) is 0 Å². The molecule has 0 aromatic carbocycles. The van der Waals surface area contributed by atoms with Crippen LogP contribution < -0.4 is 0 Å². The number of aliphatic hydroxyl groups is 1. The van der Waals surface area contributed by atoms with Crippen LogP contribution in [-0.2, 0) is 0 Å². The standard InChI is InChI=1S/C9H17O/c1-2-9(10)8-6-4-3-5-7-8/h4,8-10H,2-3,5-7H2,1H3. The average molecular weight is 141 g/mol. The Balaban J connectivity index is 2.24. The number of aliphatic hydroxyl groups excluding tert-OH is 1. The molecule has 0 bridgehead atoms. The summed E-state index contributed by atoms with van der Waals surface area (Å²) in [5.41, 5.74) is 0. The predicted molar refractivity (Wildman–Crippen MR) is 42.6 cm³/mol. The molecule has 1 aliphatic carbocycles. The van der Waals surface area contributed by atoms with Crippen molar-refractivity contribution in [2.45, 2.75) is 45.1 Å². The van der Waals surface area contributed by atoms with Crippen LogP contribution in [0.1, 0.15) is 39.0 Å². The second-order valence-corrected chi connectivity index (χ2v) is 3.19. The van der Waals surface area contributed by atoms with Crippen molar-refractivity contribution in [2.75, 3.05) is 0 Å². The SMILES string of the molecule is CCC(O)C1C[CH]CCC1. The summed E-state index contributed by atoms with van der Waals surface area (Å²) in [5, 5.41) is 9.46. The van der Waals surface area contributed by atoms with Gasteiger partial charge in [-0.05, 0) is 31.6 Å². The Kier molecular flexibility index (Phi) is 3.20. The minimum Gasteiger partial charge on any atom is -0.393 e. The molecule has 0 aliphatic heterocycles. The van der Waals surface area contributed by atoms with Crippen molar-refractivity contribution in [1.29, 1.82) is 0 Å². The molecule has 0 amide bonds. The van der Waals surface area contributed by atoms with E-state index in [-0.39, 0.29) is 6.10 Å². The minimum atomic E-state index is -0.0449. The van der Waals surface area contributed by atoms with E-state index in [1.807, 2.05) is 0 Å². The lowest BCUT2D eigenvalue weighted by atomic mass is 9.84. The van der Waals surface area contributed by atoms with Gasteiger partial charge in [0.15, 0.2) is 0 Å². The van der Waals surface area contributed by atoms with Crippen LogP contribution in [0.2, 0.25) is 0 Å². The third-order valence-corrected chi connectivity index (χ3v) is 2.42. The summed E-state index contributed by atoms with van der Waals surface area (Å²) in [6.45, 7) is 2.05. The highest BCUT2D eigenvalue weighted by molar-refractivity contribution is 4.81. The molecule has 1 fully saturated rings. The normalized spacial score (nSPS) is 24.6. The van der Waals surface area contributed by atoms with Gasteiger partial charge in [0, 0.05) is 0 Å². The maximum atomic E-state index is 9.46. The largest absolute Gasteiger partial charge is 0.393 e. The van der Waals surface area contributed by atoms with E-state index in [0.717, 1.165) is 12.8 Å². The first-order valence-corrected chi connectivity index (χ1v) is 4.34. The molecule has 2 unspecified atom stereocenters. The lowest BCUT2D eigenvalue weighted by Gasteiger charge is -2.25. The van der Waals surface area contributed by atoms with E-state index >= 15 is 0 Å². The lowest BCUT2D eigenvalue weighted by molar-refractivity contribution is 0.0904. The van der Waals surface area contributed by atoms with Gasteiger partial charge in [0.05, 0.1) is 6.10 Å². The summed E-state index contributed by atoms with van der Waals surface area (Å²) >= 11 is 0. The van der Waals surface area contributed by atoms with Gasteiger partial charge >= 0.3 is 0 Å². The van der Waals surface area contributed by atoms with Gasteiger partial charge in [0.1, 0.15) is 0 Å². The van der Waals surface area contributed by atoms with E-state index in [2.05, 4.69) is 13.3 Å². The first-order chi connectivity index (χ1) is 4.84. The van der Waals surface area contributed by atoms with Crippen LogP contribution >= 0.6 is 0 Å². The average Bonchev–Trinajstić information content (AvgIpc) is 2.05. The molecule has 1 radical (unpaired) electrons. The second-order valence-electron chi connectivity index (χ2n) is 3.19. The Morgan fingerprint density at radius 1 is 1.70 bits per heavy atom. The number of hydrogen-bond donors (Lipinski definition) is 1. The summed E-state index contributed by atoms with van der Waals surface area (Å²) in [6, 6.07) is 0. The fraction of sp³-hybridized carbons (Fsp3) is 0.889. The smallest absolute Gasteiger partial charge is 0.0565 e. The van der Waals surface area contributed by atoms with Crippen LogP contribution in [0, 0.1) is 12.3 Å². The lowest BCUT2D eigenvalue weighted by Crippen LogP contribution is -2.21. The maximum absolute atomic E-state index is 9.46. The highest BCUT2D eigenvalue weighted by Crippen LogP contribution is 2.26. The maximum Gasteiger partial charge on any atom is 0.0565 e. The van der Waals surface area contributed by atoms with Crippen molar-refractivity contribution in [1.82, 2.24) is 0 Å². The van der Waals surface area contributed by atoms with E-state index in [4.69, 9.17) is 0 Å². The summed E-state index contributed by atoms with van der Waals surface area (Å²) in [7, 11) is 0. The van der Waals surface area contributed by atoms with E-state index in [9.17, 15) is 5.11 Å². The van der Waals surface area contributed by atoms with Crippen molar-refractivity contribution < 1.29 is 5.11 Å². The van der Waals surface area contributed by atoms with Crippen molar-refractivity contribution in [3.05, 3.63) is 6.42 Å². The molecule has 1 N–H and O–H groups in total. The van der Waals surface area contributed by atoms with Gasteiger partial charge in [0.2, 0.25) is 0 Å². The van der Waals surface area contributed by atoms with Crippen molar-refractivity contribution in [2.24, 2.45) is 5.92 Å². The van der Waals surface area contributed by atoms with E-state index in [1.165, 1.54) is 19.3 Å². The monoisotopic (exact) mass is 141 g/mol. The topological polar surface area (TPSA) is 20.2 Å². The molecular formula is C9H17O. The zero-order valence-corrected chi connectivity index (χ0v) is 6.71. The summed E-state index contributed by atoms with van der Waals surface area (Å²) < 4.78 is 0. The van der Waals surface area contributed by atoms with Crippen LogP contribution in [-0.4, -0.2) is 11.2 Å². The zero-order chi connectivity index (χ0) is 7.40. The Morgan fingerprint density at radius 2 is 2.50 bits per heavy atom. The third-order valence-electron chi connectivity index (χ3n) is 2.42. The third kappa shape index (κ3) is 1.98. The summed E-state index contributed by atoms with van der Waals surface area (Å²) in [4.78, 5) is 0. The molecule has 1 rings (SSSR count). The van der Waals surface area contributed by atoms with Gasteiger partial charge in [-0.1, -0.05) is 19.8 Å². The minimum absolute atomic E-state index is 0.0449. The molecular weight excluding hydrogens is 124 g/mol. The predicted octanol–water partition coefficient (Wildman–Crippen LogP) is 2.15. The Bertz CT molecular complexity index is 84.7. The van der Waals surface area contributed by atoms with Gasteiger partial charge in [-0.15, -0.1) is 0 Å². The first-order valence-electron chi connectivity index (χ1n) is 4.34. The molecule has 0 aromatic rings. The first kappa shape index (κ1) is 8.06. The second kappa shape index (κ2) is 3.97. The van der Waals surface area contributed by atoms with Crippen LogP contribution in [0.25, 0.3) is 0 Å². The van der Waals surface area contributed by atoms with Crippen molar-refractivity contribution in [3.8, 4) is 0 Å². The van der Waals surface area contributed by atoms with Crippen LogP contribution in [0.3, 0.4) is 0 Å². The van der Waals surface area contributed by atoms with E-state index < -0.39 is 0 Å². The van der Waals surface area contributed by atoms with Crippen molar-refractivity contribution in [3.63, 3.8) is 0 Å². The molecule has 0 spiro atoms. The van der Waals surface area contributed by atoms with Crippen LogP contribution in [0.15, 0.2) is 0 Å². The molecule has 10 heavy (non-hydrogen) atoms. The number of hydrogen-bond acceptors (Lipinski definition) is 1. The molecule has 1 nitrogen and oxygen atoms in total. The van der Waals surface area contributed by atoms with Gasteiger partial charge in [-0.2, -0.15) is 0 Å². The molecule has 1 heteroatoms. The van der Waals surface area contributed by atoms with Crippen LogP contribution in [0.5, 0.6) is 0 Å². The fourth-order valence-corrected chi connectivity index (χ4v) is 1.66. The van der Waals surface area contributed by atoms with E-state index in [0.29, 0.717) is 5.92 Å². The molecule has 59 valence electrons. The molecule has 1 saturated carbocycles. The highest BCUT2D eigenvalue weighted by atomic mass is 16.3. The van der Waals surface area contributed by atoms with E-state index in [1.54, 1.807) is 0 Å². The van der Waals surface area contributed by atoms with Gasteiger partial charge < -0.3 is 5.11 Å².